The summed E-state index contributed by atoms with van der Waals surface area (Å²) in [4.78, 5) is 51.4. The summed E-state index contributed by atoms with van der Waals surface area (Å²) in [5, 5.41) is 1.98. The number of H-pyrrole nitrogens is 1. The highest BCUT2D eigenvalue weighted by atomic mass is 32.1. The Hall–Kier alpha value is -3.40. The Morgan fingerprint density at radius 2 is 2.00 bits per heavy atom. The number of aromatic amines is 1. The second kappa shape index (κ2) is 7.92. The number of carbonyl (C=O) groups is 2. The Balaban J connectivity index is 1.77. The van der Waals surface area contributed by atoms with Gasteiger partial charge in [-0.25, -0.2) is 9.59 Å². The number of nitrogens with zero attached hydrogens (tertiary/aromatic N) is 2. The van der Waals surface area contributed by atoms with Crippen LogP contribution in [0.25, 0.3) is 0 Å². The lowest BCUT2D eigenvalue weighted by Gasteiger charge is -2.09. The van der Waals surface area contributed by atoms with Crippen molar-refractivity contribution in [1.29, 1.82) is 0 Å². The number of aromatic nitrogens is 3. The molecule has 0 unspecified atom stereocenters. The Bertz CT molecular complexity index is 1200. The van der Waals surface area contributed by atoms with Gasteiger partial charge in [-0.15, -0.1) is 11.3 Å². The van der Waals surface area contributed by atoms with Crippen LogP contribution in [0.3, 0.4) is 0 Å². The van der Waals surface area contributed by atoms with Crippen LogP contribution in [0, 0.1) is 13.8 Å². The summed E-state index contributed by atoms with van der Waals surface area (Å²) in [7, 11) is 1.32. The van der Waals surface area contributed by atoms with Crippen molar-refractivity contribution in [2.24, 2.45) is 7.05 Å². The van der Waals surface area contributed by atoms with E-state index in [2.05, 4.69) is 0 Å². The number of ketones is 1. The van der Waals surface area contributed by atoms with Gasteiger partial charge in [0.05, 0.1) is 12.1 Å². The smallest absolute Gasteiger partial charge is 0.340 e. The first-order valence-electron chi connectivity index (χ1n) is 8.69. The van der Waals surface area contributed by atoms with Crippen LogP contribution in [0.1, 0.15) is 37.0 Å². The van der Waals surface area contributed by atoms with Gasteiger partial charge < -0.3 is 15.0 Å². The zero-order valence-electron chi connectivity index (χ0n) is 16.1. The molecule has 0 saturated heterocycles. The molecule has 3 aromatic heterocycles. The number of anilines is 1. The first kappa shape index (κ1) is 20.3. The third-order valence-electron chi connectivity index (χ3n) is 4.67. The van der Waals surface area contributed by atoms with E-state index in [1.807, 2.05) is 34.0 Å². The molecule has 0 atom stereocenters. The van der Waals surface area contributed by atoms with Crippen LogP contribution in [0.4, 0.5) is 5.82 Å². The van der Waals surface area contributed by atoms with Crippen molar-refractivity contribution in [3.63, 3.8) is 0 Å². The third kappa shape index (κ3) is 3.92. The maximum absolute atomic E-state index is 12.5. The minimum Gasteiger partial charge on any atom is -0.454 e. The minimum absolute atomic E-state index is 0.283. The number of ether oxygens (including phenoxy) is 1. The molecule has 0 bridgehead atoms. The molecule has 0 aromatic carbocycles. The highest BCUT2D eigenvalue weighted by molar-refractivity contribution is 7.09. The first-order valence-corrected chi connectivity index (χ1v) is 9.57. The molecule has 0 fully saturated rings. The Labute approximate surface area is 169 Å². The summed E-state index contributed by atoms with van der Waals surface area (Å²) >= 11 is 1.62. The van der Waals surface area contributed by atoms with Gasteiger partial charge in [0.15, 0.2) is 6.61 Å². The molecule has 3 heterocycles. The molecule has 29 heavy (non-hydrogen) atoms. The van der Waals surface area contributed by atoms with Gasteiger partial charge in [0.25, 0.3) is 5.56 Å². The maximum Gasteiger partial charge on any atom is 0.340 e. The van der Waals surface area contributed by atoms with Crippen LogP contribution < -0.4 is 17.0 Å². The van der Waals surface area contributed by atoms with Gasteiger partial charge >= 0.3 is 11.7 Å². The molecular formula is C19H20N4O5S. The van der Waals surface area contributed by atoms with Gasteiger partial charge in [-0.3, -0.25) is 19.1 Å². The van der Waals surface area contributed by atoms with E-state index in [-0.39, 0.29) is 5.82 Å². The average molecular weight is 416 g/mol. The van der Waals surface area contributed by atoms with Crippen molar-refractivity contribution in [2.75, 3.05) is 12.3 Å². The van der Waals surface area contributed by atoms with E-state index < -0.39 is 35.2 Å². The van der Waals surface area contributed by atoms with E-state index in [1.54, 1.807) is 24.3 Å². The summed E-state index contributed by atoms with van der Waals surface area (Å²) in [6.07, 6.45) is 0. The van der Waals surface area contributed by atoms with Crippen molar-refractivity contribution >= 4 is 28.9 Å². The number of Topliss-reactive ketones (excluding diaryl/α,β-unsaturated/α-hetero) is 1. The fraction of sp³-hybridized carbons (Fsp3) is 0.263. The topological polar surface area (TPSA) is 129 Å². The molecule has 0 aliphatic heterocycles. The largest absolute Gasteiger partial charge is 0.454 e. The molecule has 3 N–H and O–H groups in total. The van der Waals surface area contributed by atoms with Gasteiger partial charge in [0.2, 0.25) is 5.78 Å². The van der Waals surface area contributed by atoms with Crippen LogP contribution in [-0.2, 0) is 18.3 Å². The lowest BCUT2D eigenvalue weighted by atomic mass is 10.2. The predicted octanol–water partition coefficient (Wildman–Crippen LogP) is 1.22. The van der Waals surface area contributed by atoms with Gasteiger partial charge in [-0.1, -0.05) is 6.07 Å². The molecule has 3 aromatic rings. The normalized spacial score (nSPS) is 10.9. The number of hydrogen-bond acceptors (Lipinski definition) is 7. The number of nitrogens with one attached hydrogen (secondary N) is 1. The summed E-state index contributed by atoms with van der Waals surface area (Å²) in [6.45, 7) is 3.65. The molecular weight excluding hydrogens is 396 g/mol. The van der Waals surface area contributed by atoms with Crippen molar-refractivity contribution in [2.45, 2.75) is 20.4 Å². The van der Waals surface area contributed by atoms with Crippen molar-refractivity contribution in [3.05, 3.63) is 71.8 Å². The maximum atomic E-state index is 12.5. The number of thiophene rings is 1. The highest BCUT2D eigenvalue weighted by Gasteiger charge is 2.22. The monoisotopic (exact) mass is 416 g/mol. The van der Waals surface area contributed by atoms with Crippen LogP contribution in [0.15, 0.2) is 33.2 Å². The van der Waals surface area contributed by atoms with Gasteiger partial charge in [-0.2, -0.15) is 0 Å². The summed E-state index contributed by atoms with van der Waals surface area (Å²) in [6, 6.07) is 5.67. The number of nitrogens with two attached hydrogens (primary N) is 1. The number of aryl methyl sites for hydroxylation is 1. The average Bonchev–Trinajstić information content (AvgIpc) is 3.28. The Kier molecular flexibility index (Phi) is 5.55. The standard InChI is InChI=1S/C19H20N4O5S/c1-10-7-13(11(2)23(10)8-12-5-4-6-29-12)18(26)28-9-14(24)15-16(20)22(3)19(27)21-17(15)25/h4-7H,8-9,20H2,1-3H3,(H,21,25,27). The molecule has 0 amide bonds. The zero-order valence-corrected chi connectivity index (χ0v) is 17.0. The number of esters is 1. The van der Waals surface area contributed by atoms with Crippen molar-refractivity contribution in [3.8, 4) is 0 Å². The van der Waals surface area contributed by atoms with Gasteiger partial charge in [0.1, 0.15) is 11.4 Å². The van der Waals surface area contributed by atoms with Gasteiger partial charge in [0, 0.05) is 23.3 Å². The van der Waals surface area contributed by atoms with E-state index in [4.69, 9.17) is 10.5 Å². The van der Waals surface area contributed by atoms with Gasteiger partial charge in [-0.05, 0) is 31.4 Å². The summed E-state index contributed by atoms with van der Waals surface area (Å²) in [5.74, 6) is -1.75. The first-order chi connectivity index (χ1) is 13.7. The molecule has 3 rings (SSSR count). The van der Waals surface area contributed by atoms with Crippen molar-refractivity contribution in [1.82, 2.24) is 14.1 Å². The number of rotatable bonds is 6. The molecule has 0 spiro atoms. The Morgan fingerprint density at radius 1 is 1.28 bits per heavy atom. The van der Waals surface area contributed by atoms with E-state index in [9.17, 15) is 19.2 Å². The lowest BCUT2D eigenvalue weighted by Crippen LogP contribution is -2.35. The zero-order chi connectivity index (χ0) is 21.3. The van der Waals surface area contributed by atoms with Crippen LogP contribution in [0.5, 0.6) is 0 Å². The fourth-order valence-electron chi connectivity index (χ4n) is 3.00. The molecule has 0 saturated carbocycles. The second-order valence-electron chi connectivity index (χ2n) is 6.53. The lowest BCUT2D eigenvalue weighted by molar-refractivity contribution is 0.0473. The number of nitrogen functional groups attached to an aromatic ring is 1. The highest BCUT2D eigenvalue weighted by Crippen LogP contribution is 2.20. The van der Waals surface area contributed by atoms with Crippen LogP contribution in [-0.4, -0.2) is 32.5 Å². The van der Waals surface area contributed by atoms with Crippen LogP contribution >= 0.6 is 11.3 Å². The molecule has 0 radical (unpaired) electrons. The number of hydrogen-bond donors (Lipinski definition) is 2. The van der Waals surface area contributed by atoms with E-state index in [1.165, 1.54) is 7.05 Å². The molecule has 0 aliphatic carbocycles. The summed E-state index contributed by atoms with van der Waals surface area (Å²) < 4.78 is 8.04. The van der Waals surface area contributed by atoms with E-state index in [0.717, 1.165) is 15.1 Å². The molecule has 152 valence electrons. The van der Waals surface area contributed by atoms with E-state index in [0.29, 0.717) is 17.8 Å². The van der Waals surface area contributed by atoms with Crippen molar-refractivity contribution < 1.29 is 14.3 Å². The molecule has 0 aliphatic rings. The minimum atomic E-state index is -0.916. The Morgan fingerprint density at radius 3 is 2.66 bits per heavy atom. The number of carbonyl (C=O) groups excluding carboxylic acids is 2. The second-order valence-corrected chi connectivity index (χ2v) is 7.56. The quantitative estimate of drug-likeness (QED) is 0.459. The summed E-state index contributed by atoms with van der Waals surface area (Å²) in [5.41, 5.74) is 5.57. The van der Waals surface area contributed by atoms with Crippen LogP contribution in [0.2, 0.25) is 0 Å². The molecule has 9 nitrogen and oxygen atoms in total. The SMILES string of the molecule is Cc1cc(C(=O)OCC(=O)c2c(N)n(C)c(=O)[nH]c2=O)c(C)n1Cc1cccs1. The third-order valence-corrected chi connectivity index (χ3v) is 5.53. The molecule has 10 heteroatoms. The van der Waals surface area contributed by atoms with E-state index >= 15 is 0 Å². The predicted molar refractivity (Wildman–Crippen MR) is 109 cm³/mol. The fourth-order valence-corrected chi connectivity index (χ4v) is 3.69.